The summed E-state index contributed by atoms with van der Waals surface area (Å²) in [5.41, 5.74) is 0.846. The molecule has 0 spiro atoms. The third kappa shape index (κ3) is 5.58. The Bertz CT molecular complexity index is 912. The Balaban J connectivity index is 1.95. The van der Waals surface area contributed by atoms with Crippen molar-refractivity contribution in [2.45, 2.75) is 76.6 Å². The van der Waals surface area contributed by atoms with Crippen LogP contribution in [0.15, 0.2) is 24.3 Å². The van der Waals surface area contributed by atoms with E-state index in [0.717, 1.165) is 30.5 Å². The number of likely N-dealkylation sites (tertiary alicyclic amines) is 1. The quantitative estimate of drug-likeness (QED) is 0.547. The number of hydrogen-bond acceptors (Lipinski definition) is 7. The summed E-state index contributed by atoms with van der Waals surface area (Å²) in [6.45, 7) is 5.97. The molecule has 186 valence electrons. The van der Waals surface area contributed by atoms with Gasteiger partial charge in [0.1, 0.15) is 11.6 Å². The third-order valence-corrected chi connectivity index (χ3v) is 6.72. The molecule has 0 unspecified atom stereocenters. The number of methoxy groups -OCH3 is 1. The van der Waals surface area contributed by atoms with Crippen molar-refractivity contribution in [3.05, 3.63) is 35.4 Å². The summed E-state index contributed by atoms with van der Waals surface area (Å²) in [5, 5.41) is 5.99. The zero-order valence-corrected chi connectivity index (χ0v) is 20.4. The standard InChI is InChI=1S/C25H35N3O6/c1-16-8-10-19(11-9-16)15-25(12-6-14-28(25)22(30)20-7-5-13-26-20)24(32)27-21(23(31)33-4)17(2)34-18(3)29/h8-11,17,20-21,26H,5-7,12-15H2,1-4H3,(H,27,32)/t17-,20+,21-,25+/m1/s1. The highest BCUT2D eigenvalue weighted by Gasteiger charge is 2.52. The van der Waals surface area contributed by atoms with Crippen molar-refractivity contribution in [1.29, 1.82) is 0 Å². The predicted molar refractivity (Wildman–Crippen MR) is 125 cm³/mol. The molecular formula is C25H35N3O6. The number of carbonyl (C=O) groups is 4. The lowest BCUT2D eigenvalue weighted by molar-refractivity contribution is -0.158. The number of nitrogens with one attached hydrogen (secondary N) is 2. The highest BCUT2D eigenvalue weighted by atomic mass is 16.6. The zero-order chi connectivity index (χ0) is 24.9. The molecule has 2 heterocycles. The molecule has 9 nitrogen and oxygen atoms in total. The number of ether oxygens (including phenoxy) is 2. The summed E-state index contributed by atoms with van der Waals surface area (Å²) in [6.07, 6.45) is 2.14. The highest BCUT2D eigenvalue weighted by molar-refractivity contribution is 5.96. The van der Waals surface area contributed by atoms with Gasteiger partial charge in [0.25, 0.3) is 0 Å². The maximum Gasteiger partial charge on any atom is 0.332 e. The summed E-state index contributed by atoms with van der Waals surface area (Å²) in [6, 6.07) is 6.34. The first-order chi connectivity index (χ1) is 16.2. The van der Waals surface area contributed by atoms with E-state index in [1.165, 1.54) is 21.0 Å². The molecule has 1 aromatic carbocycles. The van der Waals surface area contributed by atoms with Crippen LogP contribution in [0.3, 0.4) is 0 Å². The second-order valence-electron chi connectivity index (χ2n) is 9.23. The van der Waals surface area contributed by atoms with Crippen LogP contribution >= 0.6 is 0 Å². The largest absolute Gasteiger partial charge is 0.467 e. The Labute approximate surface area is 200 Å². The van der Waals surface area contributed by atoms with Crippen LogP contribution in [0.2, 0.25) is 0 Å². The molecule has 0 bridgehead atoms. The van der Waals surface area contributed by atoms with E-state index in [9.17, 15) is 19.2 Å². The van der Waals surface area contributed by atoms with Crippen LogP contribution in [-0.4, -0.2) is 72.6 Å². The number of aryl methyl sites for hydroxylation is 1. The van der Waals surface area contributed by atoms with Crippen LogP contribution in [-0.2, 0) is 35.1 Å². The lowest BCUT2D eigenvalue weighted by atomic mass is 9.85. The second kappa shape index (κ2) is 11.0. The topological polar surface area (TPSA) is 114 Å². The van der Waals surface area contributed by atoms with Gasteiger partial charge in [0.05, 0.1) is 13.2 Å². The van der Waals surface area contributed by atoms with Gasteiger partial charge in [0.15, 0.2) is 6.04 Å². The van der Waals surface area contributed by atoms with E-state index in [1.807, 2.05) is 31.2 Å². The van der Waals surface area contributed by atoms with Crippen molar-refractivity contribution < 1.29 is 28.7 Å². The lowest BCUT2D eigenvalue weighted by Crippen LogP contribution is -2.64. The van der Waals surface area contributed by atoms with Crippen molar-refractivity contribution in [3.63, 3.8) is 0 Å². The van der Waals surface area contributed by atoms with Crippen LogP contribution in [0.25, 0.3) is 0 Å². The number of carbonyl (C=O) groups excluding carboxylic acids is 4. The smallest absolute Gasteiger partial charge is 0.332 e. The van der Waals surface area contributed by atoms with Gasteiger partial charge in [-0.1, -0.05) is 29.8 Å². The van der Waals surface area contributed by atoms with Crippen molar-refractivity contribution in [2.75, 3.05) is 20.2 Å². The molecule has 34 heavy (non-hydrogen) atoms. The van der Waals surface area contributed by atoms with E-state index in [0.29, 0.717) is 25.8 Å². The monoisotopic (exact) mass is 473 g/mol. The number of amides is 2. The van der Waals surface area contributed by atoms with Gasteiger partial charge in [-0.3, -0.25) is 14.4 Å². The molecule has 4 atom stereocenters. The molecule has 2 aliphatic heterocycles. The average Bonchev–Trinajstić information content (AvgIpc) is 3.48. The Kier molecular flexibility index (Phi) is 8.30. The Morgan fingerprint density at radius 3 is 2.50 bits per heavy atom. The molecule has 0 saturated carbocycles. The summed E-state index contributed by atoms with van der Waals surface area (Å²) in [5.74, 6) is -1.85. The van der Waals surface area contributed by atoms with E-state index in [-0.39, 0.29) is 11.9 Å². The van der Waals surface area contributed by atoms with Crippen LogP contribution in [0.4, 0.5) is 0 Å². The molecule has 2 fully saturated rings. The fourth-order valence-corrected chi connectivity index (χ4v) is 4.93. The Morgan fingerprint density at radius 2 is 1.91 bits per heavy atom. The molecule has 3 rings (SSSR count). The molecule has 0 aliphatic carbocycles. The van der Waals surface area contributed by atoms with Gasteiger partial charge in [0.2, 0.25) is 11.8 Å². The summed E-state index contributed by atoms with van der Waals surface area (Å²) in [7, 11) is 1.21. The van der Waals surface area contributed by atoms with E-state index < -0.39 is 35.5 Å². The van der Waals surface area contributed by atoms with Crippen LogP contribution in [0.5, 0.6) is 0 Å². The summed E-state index contributed by atoms with van der Waals surface area (Å²) in [4.78, 5) is 53.1. The normalized spacial score (nSPS) is 23.8. The minimum absolute atomic E-state index is 0.0973. The first kappa shape index (κ1) is 25.7. The average molecular weight is 474 g/mol. The van der Waals surface area contributed by atoms with E-state index in [4.69, 9.17) is 9.47 Å². The fraction of sp³-hybridized carbons (Fsp3) is 0.600. The number of rotatable bonds is 8. The Hall–Kier alpha value is -2.94. The van der Waals surface area contributed by atoms with Gasteiger partial charge >= 0.3 is 11.9 Å². The predicted octanol–water partition coefficient (Wildman–Crippen LogP) is 1.26. The van der Waals surface area contributed by atoms with Crippen molar-refractivity contribution in [2.24, 2.45) is 0 Å². The number of nitrogens with zero attached hydrogens (tertiary/aromatic N) is 1. The lowest BCUT2D eigenvalue weighted by Gasteiger charge is -2.40. The van der Waals surface area contributed by atoms with Gasteiger partial charge in [-0.2, -0.15) is 0 Å². The second-order valence-corrected chi connectivity index (χ2v) is 9.23. The van der Waals surface area contributed by atoms with E-state index >= 15 is 0 Å². The first-order valence-corrected chi connectivity index (χ1v) is 11.8. The molecule has 0 radical (unpaired) electrons. The summed E-state index contributed by atoms with van der Waals surface area (Å²) >= 11 is 0. The maximum atomic E-state index is 13.9. The van der Waals surface area contributed by atoms with E-state index in [1.54, 1.807) is 4.90 Å². The zero-order valence-electron chi connectivity index (χ0n) is 20.4. The molecule has 2 aliphatic rings. The third-order valence-electron chi connectivity index (χ3n) is 6.72. The number of hydrogen-bond donors (Lipinski definition) is 2. The highest BCUT2D eigenvalue weighted by Crippen LogP contribution is 2.35. The Morgan fingerprint density at radius 1 is 1.21 bits per heavy atom. The van der Waals surface area contributed by atoms with Crippen molar-refractivity contribution in [3.8, 4) is 0 Å². The van der Waals surface area contributed by atoms with Gasteiger partial charge < -0.3 is 25.0 Å². The summed E-state index contributed by atoms with van der Waals surface area (Å²) < 4.78 is 10.0. The van der Waals surface area contributed by atoms with Crippen LogP contribution in [0.1, 0.15) is 50.7 Å². The fourth-order valence-electron chi connectivity index (χ4n) is 4.93. The van der Waals surface area contributed by atoms with Crippen LogP contribution < -0.4 is 10.6 Å². The number of benzene rings is 1. The number of esters is 2. The maximum absolute atomic E-state index is 13.9. The molecule has 9 heteroatoms. The van der Waals surface area contributed by atoms with Gasteiger partial charge in [-0.25, -0.2) is 4.79 Å². The molecule has 2 amide bonds. The SMILES string of the molecule is COC(=O)[C@H](NC(=O)[C@@]1(Cc2ccc(C)cc2)CCCN1C(=O)[C@@H]1CCCN1)[C@@H](C)OC(C)=O. The first-order valence-electron chi connectivity index (χ1n) is 11.8. The van der Waals surface area contributed by atoms with Gasteiger partial charge in [-0.15, -0.1) is 0 Å². The van der Waals surface area contributed by atoms with Crippen LogP contribution in [0, 0.1) is 6.92 Å². The molecule has 1 aromatic rings. The molecule has 0 aromatic heterocycles. The van der Waals surface area contributed by atoms with Crippen molar-refractivity contribution in [1.82, 2.24) is 15.5 Å². The minimum Gasteiger partial charge on any atom is -0.467 e. The minimum atomic E-state index is -1.20. The molecule has 2 saturated heterocycles. The van der Waals surface area contributed by atoms with Crippen molar-refractivity contribution >= 4 is 23.8 Å². The molecular weight excluding hydrogens is 438 g/mol. The van der Waals surface area contributed by atoms with E-state index in [2.05, 4.69) is 10.6 Å². The van der Waals surface area contributed by atoms with Gasteiger partial charge in [-0.05, 0) is 51.6 Å². The molecule has 2 N–H and O–H groups in total. The van der Waals surface area contributed by atoms with Gasteiger partial charge in [0, 0.05) is 19.9 Å².